The Bertz CT molecular complexity index is 1060. The van der Waals surface area contributed by atoms with Crippen molar-refractivity contribution in [3.05, 3.63) is 70.1 Å². The van der Waals surface area contributed by atoms with Crippen molar-refractivity contribution in [1.29, 1.82) is 0 Å². The molecule has 0 unspecified atom stereocenters. The van der Waals surface area contributed by atoms with E-state index in [0.717, 1.165) is 22.2 Å². The Morgan fingerprint density at radius 3 is 2.45 bits per heavy atom. The minimum Gasteiger partial charge on any atom is -0.545 e. The van der Waals surface area contributed by atoms with Crippen molar-refractivity contribution in [1.82, 2.24) is 4.90 Å². The maximum atomic E-state index is 12.7. The van der Waals surface area contributed by atoms with E-state index >= 15 is 0 Å². The molecule has 2 amide bonds. The fraction of sp³-hybridized carbons (Fsp3) is 0.182. The molecule has 1 aliphatic rings. The molecule has 9 heteroatoms. The summed E-state index contributed by atoms with van der Waals surface area (Å²) in [4.78, 5) is 48.5. The van der Waals surface area contributed by atoms with Crippen molar-refractivity contribution in [2.75, 3.05) is 7.11 Å². The lowest BCUT2D eigenvalue weighted by Crippen LogP contribution is -2.42. The van der Waals surface area contributed by atoms with Crippen LogP contribution in [-0.2, 0) is 20.9 Å². The zero-order valence-electron chi connectivity index (χ0n) is 16.7. The molecule has 1 atom stereocenters. The van der Waals surface area contributed by atoms with E-state index in [1.165, 1.54) is 32.2 Å². The van der Waals surface area contributed by atoms with Gasteiger partial charge < -0.3 is 19.4 Å². The number of hydrogen-bond donors (Lipinski definition) is 0. The van der Waals surface area contributed by atoms with Crippen molar-refractivity contribution in [2.24, 2.45) is 0 Å². The van der Waals surface area contributed by atoms with Crippen LogP contribution in [0.4, 0.5) is 4.79 Å². The Morgan fingerprint density at radius 1 is 1.13 bits per heavy atom. The Morgan fingerprint density at radius 2 is 1.81 bits per heavy atom. The number of carboxylic acid groups (broad SMARTS) is 1. The van der Waals surface area contributed by atoms with E-state index in [-0.39, 0.29) is 17.1 Å². The van der Waals surface area contributed by atoms with Crippen molar-refractivity contribution in [3.63, 3.8) is 0 Å². The van der Waals surface area contributed by atoms with Crippen LogP contribution >= 0.6 is 11.8 Å². The SMILES string of the molecule is COC(=O)[C@@H](C)N1C(=O)S/C(=C/c2ccccc2OCc2ccc(C(=O)[O-])cc2)C1=O. The Labute approximate surface area is 182 Å². The summed E-state index contributed by atoms with van der Waals surface area (Å²) >= 11 is 0.734. The number of carboxylic acids is 1. The fourth-order valence-corrected chi connectivity index (χ4v) is 3.76. The van der Waals surface area contributed by atoms with E-state index in [9.17, 15) is 24.3 Å². The first-order chi connectivity index (χ1) is 14.8. The van der Waals surface area contributed by atoms with Crippen LogP contribution in [0, 0.1) is 0 Å². The Hall–Kier alpha value is -3.59. The maximum absolute atomic E-state index is 12.7. The summed E-state index contributed by atoms with van der Waals surface area (Å²) in [6.07, 6.45) is 1.53. The van der Waals surface area contributed by atoms with Crippen molar-refractivity contribution in [2.45, 2.75) is 19.6 Å². The van der Waals surface area contributed by atoms with E-state index < -0.39 is 29.1 Å². The van der Waals surface area contributed by atoms with Crippen molar-refractivity contribution >= 4 is 40.9 Å². The van der Waals surface area contributed by atoms with Gasteiger partial charge in [-0.05, 0) is 42.0 Å². The molecule has 0 radical (unpaired) electrons. The third-order valence-corrected chi connectivity index (χ3v) is 5.43. The molecule has 3 rings (SSSR count). The van der Waals surface area contributed by atoms with Gasteiger partial charge in [-0.15, -0.1) is 0 Å². The van der Waals surface area contributed by atoms with Crippen LogP contribution in [0.25, 0.3) is 6.08 Å². The molecule has 0 N–H and O–H groups in total. The molecule has 0 saturated carbocycles. The molecule has 1 saturated heterocycles. The molecule has 0 aromatic heterocycles. The number of aromatic carboxylic acids is 1. The Kier molecular flexibility index (Phi) is 6.76. The second-order valence-electron chi connectivity index (χ2n) is 6.56. The molecule has 160 valence electrons. The van der Waals surface area contributed by atoms with Crippen LogP contribution < -0.4 is 9.84 Å². The molecular weight excluding hydrogens is 422 g/mol. The van der Waals surface area contributed by atoms with Gasteiger partial charge in [-0.1, -0.05) is 42.5 Å². The first kappa shape index (κ1) is 22.1. The standard InChI is InChI=1S/C22H19NO7S/c1-13(21(27)29-2)23-19(24)18(31-22(23)28)11-16-5-3-4-6-17(16)30-12-14-7-9-15(10-8-14)20(25)26/h3-11,13H,12H2,1-2H3,(H,25,26)/p-1/b18-11+/t13-/m1/s1. The lowest BCUT2D eigenvalue weighted by Gasteiger charge is -2.18. The zero-order chi connectivity index (χ0) is 22.5. The number of hydrogen-bond acceptors (Lipinski definition) is 8. The van der Waals surface area contributed by atoms with E-state index in [2.05, 4.69) is 4.74 Å². The van der Waals surface area contributed by atoms with Gasteiger partial charge in [0, 0.05) is 5.56 Å². The number of nitrogens with zero attached hydrogens (tertiary/aromatic N) is 1. The quantitative estimate of drug-likeness (QED) is 0.476. The number of esters is 1. The summed E-state index contributed by atoms with van der Waals surface area (Å²) in [6, 6.07) is 12.0. The molecule has 0 spiro atoms. The number of thioether (sulfide) groups is 1. The van der Waals surface area contributed by atoms with Gasteiger partial charge in [0.05, 0.1) is 18.0 Å². The number of methoxy groups -OCH3 is 1. The number of benzene rings is 2. The minimum absolute atomic E-state index is 0.0704. The number of rotatable bonds is 7. The predicted molar refractivity (Wildman–Crippen MR) is 111 cm³/mol. The summed E-state index contributed by atoms with van der Waals surface area (Å²) in [5.74, 6) is -2.05. The Balaban J connectivity index is 1.78. The second-order valence-corrected chi connectivity index (χ2v) is 7.55. The predicted octanol–water partition coefficient (Wildman–Crippen LogP) is 2.23. The largest absolute Gasteiger partial charge is 0.545 e. The van der Waals surface area contributed by atoms with Crippen LogP contribution in [0.15, 0.2) is 53.4 Å². The van der Waals surface area contributed by atoms with Gasteiger partial charge in [0.15, 0.2) is 0 Å². The average Bonchev–Trinajstić information content (AvgIpc) is 3.05. The van der Waals surface area contributed by atoms with E-state index in [1.807, 2.05) is 0 Å². The van der Waals surface area contributed by atoms with Crippen LogP contribution in [0.3, 0.4) is 0 Å². The summed E-state index contributed by atoms with van der Waals surface area (Å²) in [6.45, 7) is 1.59. The molecule has 2 aromatic carbocycles. The first-order valence-electron chi connectivity index (χ1n) is 9.19. The van der Waals surface area contributed by atoms with Crippen molar-refractivity contribution in [3.8, 4) is 5.75 Å². The van der Waals surface area contributed by atoms with Gasteiger partial charge in [0.1, 0.15) is 18.4 Å². The molecule has 1 heterocycles. The molecule has 1 fully saturated rings. The van der Waals surface area contributed by atoms with Gasteiger partial charge >= 0.3 is 5.97 Å². The van der Waals surface area contributed by atoms with Crippen LogP contribution in [-0.4, -0.2) is 41.1 Å². The topological polar surface area (TPSA) is 113 Å². The van der Waals surface area contributed by atoms with Crippen LogP contribution in [0.5, 0.6) is 5.75 Å². The first-order valence-corrected chi connectivity index (χ1v) is 10.0. The third-order valence-electron chi connectivity index (χ3n) is 4.54. The highest BCUT2D eigenvalue weighted by Crippen LogP contribution is 2.35. The molecule has 2 aromatic rings. The van der Waals surface area contributed by atoms with Crippen molar-refractivity contribution < 1.29 is 33.8 Å². The van der Waals surface area contributed by atoms with E-state index in [1.54, 1.807) is 36.4 Å². The van der Waals surface area contributed by atoms with Gasteiger partial charge in [-0.2, -0.15) is 0 Å². The van der Waals surface area contributed by atoms with Gasteiger partial charge in [0.25, 0.3) is 11.1 Å². The number of imide groups is 1. The maximum Gasteiger partial charge on any atom is 0.328 e. The third kappa shape index (κ3) is 4.95. The van der Waals surface area contributed by atoms with Gasteiger partial charge in [0.2, 0.25) is 0 Å². The average molecular weight is 440 g/mol. The molecule has 0 bridgehead atoms. The molecular formula is C22H18NO7S-. The number of amides is 2. The normalized spacial score (nSPS) is 15.8. The van der Waals surface area contributed by atoms with Crippen LogP contribution in [0.2, 0.25) is 0 Å². The summed E-state index contributed by atoms with van der Waals surface area (Å²) < 4.78 is 10.4. The smallest absolute Gasteiger partial charge is 0.328 e. The number of carbonyl (C=O) groups is 4. The van der Waals surface area contributed by atoms with Gasteiger partial charge in [-0.3, -0.25) is 14.5 Å². The second kappa shape index (κ2) is 9.48. The number of para-hydroxylation sites is 1. The summed E-state index contributed by atoms with van der Waals surface area (Å²) in [5.41, 5.74) is 1.39. The minimum atomic E-state index is -1.26. The lowest BCUT2D eigenvalue weighted by molar-refractivity contribution is -0.255. The molecule has 0 aliphatic carbocycles. The molecule has 31 heavy (non-hydrogen) atoms. The van der Waals surface area contributed by atoms with E-state index in [4.69, 9.17) is 4.74 Å². The monoisotopic (exact) mass is 440 g/mol. The fourth-order valence-electron chi connectivity index (χ4n) is 2.86. The highest BCUT2D eigenvalue weighted by Gasteiger charge is 2.41. The van der Waals surface area contributed by atoms with Gasteiger partial charge in [-0.25, -0.2) is 4.79 Å². The van der Waals surface area contributed by atoms with E-state index in [0.29, 0.717) is 11.3 Å². The summed E-state index contributed by atoms with van der Waals surface area (Å²) in [7, 11) is 1.19. The number of carbonyl (C=O) groups excluding carboxylic acids is 4. The molecule has 1 aliphatic heterocycles. The zero-order valence-corrected chi connectivity index (χ0v) is 17.5. The highest BCUT2D eigenvalue weighted by molar-refractivity contribution is 8.18. The molecule has 8 nitrogen and oxygen atoms in total. The lowest BCUT2D eigenvalue weighted by atomic mass is 10.1. The van der Waals surface area contributed by atoms with Crippen LogP contribution in [0.1, 0.15) is 28.4 Å². The number of ether oxygens (including phenoxy) is 2. The highest BCUT2D eigenvalue weighted by atomic mass is 32.2. The summed E-state index contributed by atoms with van der Waals surface area (Å²) in [5, 5.41) is 10.3.